The SMILES string of the molecule is [C-]#[N+]C(=C(c1ccccc1)c1ccccc1)c1ccccc1. The lowest BCUT2D eigenvalue weighted by Crippen LogP contribution is -1.92. The first-order chi connectivity index (χ1) is 10.9. The van der Waals surface area contributed by atoms with E-state index in [9.17, 15) is 0 Å². The zero-order chi connectivity index (χ0) is 15.2. The van der Waals surface area contributed by atoms with Crippen molar-refractivity contribution in [3.8, 4) is 0 Å². The van der Waals surface area contributed by atoms with Crippen LogP contribution in [0.3, 0.4) is 0 Å². The minimum atomic E-state index is 0.679. The Kier molecular flexibility index (Phi) is 4.13. The molecule has 0 aliphatic carbocycles. The molecule has 0 aromatic heterocycles. The summed E-state index contributed by atoms with van der Waals surface area (Å²) in [5.41, 5.74) is 4.72. The second kappa shape index (κ2) is 6.56. The standard InChI is InChI=1S/C21H15N/c1-22-21(19-15-9-4-10-16-19)20(17-11-5-2-6-12-17)18-13-7-3-8-14-18/h2-16H. The molecule has 1 nitrogen and oxygen atoms in total. The Bertz CT molecular complexity index is 769. The smallest absolute Gasteiger partial charge is 0.202 e. The molecule has 0 saturated heterocycles. The zero-order valence-corrected chi connectivity index (χ0v) is 12.1. The van der Waals surface area contributed by atoms with Gasteiger partial charge in [0.15, 0.2) is 0 Å². The molecule has 0 amide bonds. The lowest BCUT2D eigenvalue weighted by atomic mass is 9.93. The molecule has 0 aliphatic rings. The van der Waals surface area contributed by atoms with Crippen LogP contribution in [0.1, 0.15) is 16.7 Å². The summed E-state index contributed by atoms with van der Waals surface area (Å²) in [7, 11) is 0. The highest BCUT2D eigenvalue weighted by atomic mass is 14.7. The van der Waals surface area contributed by atoms with Gasteiger partial charge in [-0.15, -0.1) is 0 Å². The molecule has 0 atom stereocenters. The molecule has 22 heavy (non-hydrogen) atoms. The summed E-state index contributed by atoms with van der Waals surface area (Å²) < 4.78 is 0. The van der Waals surface area contributed by atoms with E-state index in [1.807, 2.05) is 66.7 Å². The van der Waals surface area contributed by atoms with E-state index < -0.39 is 0 Å². The minimum absolute atomic E-state index is 0.679. The Morgan fingerprint density at radius 2 is 0.909 bits per heavy atom. The molecule has 0 saturated carbocycles. The third-order valence-electron chi connectivity index (χ3n) is 3.52. The maximum atomic E-state index is 7.69. The molecular formula is C21H15N. The Morgan fingerprint density at radius 1 is 0.545 bits per heavy atom. The van der Waals surface area contributed by atoms with Crippen LogP contribution in [0.4, 0.5) is 0 Å². The predicted octanol–water partition coefficient (Wildman–Crippen LogP) is 5.52. The van der Waals surface area contributed by atoms with E-state index in [0.717, 1.165) is 22.3 Å². The van der Waals surface area contributed by atoms with Crippen LogP contribution < -0.4 is 0 Å². The van der Waals surface area contributed by atoms with Gasteiger partial charge in [0, 0.05) is 0 Å². The summed E-state index contributed by atoms with van der Waals surface area (Å²) in [4.78, 5) is 3.84. The van der Waals surface area contributed by atoms with E-state index in [1.54, 1.807) is 0 Å². The third kappa shape index (κ3) is 2.82. The molecule has 0 heterocycles. The van der Waals surface area contributed by atoms with Gasteiger partial charge in [0.1, 0.15) is 0 Å². The van der Waals surface area contributed by atoms with E-state index in [-0.39, 0.29) is 0 Å². The first kappa shape index (κ1) is 13.9. The fraction of sp³-hybridized carbons (Fsp3) is 0. The quantitative estimate of drug-likeness (QED) is 0.439. The highest BCUT2D eigenvalue weighted by Gasteiger charge is 2.13. The van der Waals surface area contributed by atoms with Crippen LogP contribution in [0.2, 0.25) is 0 Å². The van der Waals surface area contributed by atoms with E-state index in [1.165, 1.54) is 0 Å². The van der Waals surface area contributed by atoms with E-state index in [2.05, 4.69) is 29.1 Å². The van der Waals surface area contributed by atoms with Crippen LogP contribution >= 0.6 is 0 Å². The van der Waals surface area contributed by atoms with Crippen molar-refractivity contribution in [3.63, 3.8) is 0 Å². The van der Waals surface area contributed by atoms with E-state index in [0.29, 0.717) is 5.70 Å². The first-order valence-corrected chi connectivity index (χ1v) is 7.18. The van der Waals surface area contributed by atoms with Gasteiger partial charge in [0.2, 0.25) is 5.70 Å². The largest absolute Gasteiger partial charge is 0.237 e. The average molecular weight is 281 g/mol. The summed E-state index contributed by atoms with van der Waals surface area (Å²) in [6.45, 7) is 7.69. The van der Waals surface area contributed by atoms with Crippen molar-refractivity contribution < 1.29 is 0 Å². The third-order valence-corrected chi connectivity index (χ3v) is 3.52. The van der Waals surface area contributed by atoms with Crippen molar-refractivity contribution in [2.24, 2.45) is 0 Å². The number of benzene rings is 3. The van der Waals surface area contributed by atoms with Gasteiger partial charge in [-0.2, -0.15) is 0 Å². The second-order valence-electron chi connectivity index (χ2n) is 4.93. The fourth-order valence-corrected chi connectivity index (χ4v) is 2.51. The second-order valence-corrected chi connectivity index (χ2v) is 4.93. The molecule has 0 unspecified atom stereocenters. The Balaban J connectivity index is 2.30. The molecule has 3 aromatic rings. The lowest BCUT2D eigenvalue weighted by Gasteiger charge is -2.12. The Morgan fingerprint density at radius 3 is 1.27 bits per heavy atom. The topological polar surface area (TPSA) is 4.36 Å². The molecule has 1 heteroatoms. The Hall–Kier alpha value is -3.11. The van der Waals surface area contributed by atoms with Crippen molar-refractivity contribution in [2.75, 3.05) is 0 Å². The predicted molar refractivity (Wildman–Crippen MR) is 91.8 cm³/mol. The molecule has 0 aliphatic heterocycles. The van der Waals surface area contributed by atoms with Crippen LogP contribution in [0.25, 0.3) is 16.1 Å². The van der Waals surface area contributed by atoms with Crippen molar-refractivity contribution in [1.82, 2.24) is 0 Å². The normalized spacial score (nSPS) is 9.77. The van der Waals surface area contributed by atoms with Gasteiger partial charge in [0.25, 0.3) is 0 Å². The van der Waals surface area contributed by atoms with Gasteiger partial charge < -0.3 is 0 Å². The van der Waals surface area contributed by atoms with Crippen molar-refractivity contribution in [2.45, 2.75) is 0 Å². The molecule has 104 valence electrons. The summed E-state index contributed by atoms with van der Waals surface area (Å²) >= 11 is 0. The molecule has 0 radical (unpaired) electrons. The van der Waals surface area contributed by atoms with Crippen molar-refractivity contribution in [3.05, 3.63) is 119 Å². The molecule has 0 N–H and O–H groups in total. The zero-order valence-electron chi connectivity index (χ0n) is 12.1. The van der Waals surface area contributed by atoms with Crippen LogP contribution in [0.5, 0.6) is 0 Å². The van der Waals surface area contributed by atoms with Crippen LogP contribution in [0.15, 0.2) is 91.0 Å². The maximum Gasteiger partial charge on any atom is 0.202 e. The first-order valence-electron chi connectivity index (χ1n) is 7.18. The van der Waals surface area contributed by atoms with Gasteiger partial charge >= 0.3 is 0 Å². The molecule has 3 aromatic carbocycles. The summed E-state index contributed by atoms with van der Waals surface area (Å²) in [6, 6.07) is 30.1. The fourth-order valence-electron chi connectivity index (χ4n) is 2.51. The molecule has 3 rings (SSSR count). The van der Waals surface area contributed by atoms with E-state index >= 15 is 0 Å². The van der Waals surface area contributed by atoms with Gasteiger partial charge in [-0.05, 0) is 22.3 Å². The van der Waals surface area contributed by atoms with Crippen LogP contribution in [-0.2, 0) is 0 Å². The number of hydrogen-bond acceptors (Lipinski definition) is 0. The van der Waals surface area contributed by atoms with Gasteiger partial charge in [-0.25, -0.2) is 4.85 Å². The maximum absolute atomic E-state index is 7.69. The molecular weight excluding hydrogens is 266 g/mol. The monoisotopic (exact) mass is 281 g/mol. The van der Waals surface area contributed by atoms with Gasteiger partial charge in [-0.3, -0.25) is 0 Å². The van der Waals surface area contributed by atoms with E-state index in [4.69, 9.17) is 6.57 Å². The van der Waals surface area contributed by atoms with Gasteiger partial charge in [0.05, 0.1) is 6.57 Å². The number of hydrogen-bond donors (Lipinski definition) is 0. The summed E-state index contributed by atoms with van der Waals surface area (Å²) in [5, 5.41) is 0. The highest BCUT2D eigenvalue weighted by Crippen LogP contribution is 2.32. The minimum Gasteiger partial charge on any atom is -0.237 e. The molecule has 0 bridgehead atoms. The highest BCUT2D eigenvalue weighted by molar-refractivity contribution is 6.00. The van der Waals surface area contributed by atoms with Crippen molar-refractivity contribution in [1.29, 1.82) is 0 Å². The number of nitrogens with zero attached hydrogens (tertiary/aromatic N) is 1. The number of rotatable bonds is 3. The van der Waals surface area contributed by atoms with Crippen LogP contribution in [-0.4, -0.2) is 0 Å². The molecule has 0 spiro atoms. The lowest BCUT2D eigenvalue weighted by molar-refractivity contribution is 1.53. The van der Waals surface area contributed by atoms with Gasteiger partial charge in [-0.1, -0.05) is 91.0 Å². The Labute approximate surface area is 131 Å². The molecule has 0 fully saturated rings. The average Bonchev–Trinajstić information content (AvgIpc) is 2.62. The summed E-state index contributed by atoms with van der Waals surface area (Å²) in [6.07, 6.45) is 0. The van der Waals surface area contributed by atoms with Crippen molar-refractivity contribution >= 4 is 11.3 Å². The van der Waals surface area contributed by atoms with Crippen LogP contribution in [0, 0.1) is 6.57 Å². The summed E-state index contributed by atoms with van der Waals surface area (Å²) in [5.74, 6) is 0.